The molecule has 0 radical (unpaired) electrons. The van der Waals surface area contributed by atoms with Crippen molar-refractivity contribution in [3.05, 3.63) is 26.7 Å². The Bertz CT molecular complexity index is 724. The number of imidazole rings is 1. The van der Waals surface area contributed by atoms with Gasteiger partial charge in [0.25, 0.3) is 5.56 Å². The second-order valence-corrected chi connectivity index (χ2v) is 5.34. The van der Waals surface area contributed by atoms with Crippen LogP contribution in [0.25, 0.3) is 11.2 Å². The summed E-state index contributed by atoms with van der Waals surface area (Å²) in [5.74, 6) is 0.866. The molecule has 2 rings (SSSR count). The zero-order valence-corrected chi connectivity index (χ0v) is 12.0. The standard InChI is InChI=1S/C13H20N4O3/c1-8(2)7-17-11-10(14-9(3)15-11)12(19)16(13(17)20)5-4-6-18/h8,18H,4-7H2,1-3H3,(H,14,15). The highest BCUT2D eigenvalue weighted by molar-refractivity contribution is 5.69. The first-order valence-corrected chi connectivity index (χ1v) is 6.76. The highest BCUT2D eigenvalue weighted by atomic mass is 16.3. The molecule has 0 saturated heterocycles. The summed E-state index contributed by atoms with van der Waals surface area (Å²) in [6.45, 7) is 6.40. The van der Waals surface area contributed by atoms with Gasteiger partial charge in [0.1, 0.15) is 11.3 Å². The summed E-state index contributed by atoms with van der Waals surface area (Å²) < 4.78 is 2.70. The minimum atomic E-state index is -0.376. The van der Waals surface area contributed by atoms with Gasteiger partial charge < -0.3 is 10.1 Å². The third-order valence-electron chi connectivity index (χ3n) is 3.07. The third kappa shape index (κ3) is 2.53. The SMILES string of the molecule is Cc1nc2c([nH]1)c(=O)n(CCCO)c(=O)n2CC(C)C. The molecule has 20 heavy (non-hydrogen) atoms. The fourth-order valence-electron chi connectivity index (χ4n) is 2.24. The molecular formula is C13H20N4O3. The molecule has 0 amide bonds. The number of nitrogens with zero attached hydrogens (tertiary/aromatic N) is 3. The molecule has 0 atom stereocenters. The molecule has 0 aliphatic rings. The van der Waals surface area contributed by atoms with E-state index < -0.39 is 0 Å². The molecule has 2 heterocycles. The predicted molar refractivity (Wildman–Crippen MR) is 75.9 cm³/mol. The fourth-order valence-corrected chi connectivity index (χ4v) is 2.24. The predicted octanol–water partition coefficient (Wildman–Crippen LogP) is 0.233. The molecule has 0 saturated carbocycles. The summed E-state index contributed by atoms with van der Waals surface area (Å²) in [6.07, 6.45) is 0.370. The monoisotopic (exact) mass is 280 g/mol. The van der Waals surface area contributed by atoms with Crippen molar-refractivity contribution in [3.63, 3.8) is 0 Å². The van der Waals surface area contributed by atoms with E-state index in [1.165, 1.54) is 9.13 Å². The number of nitrogens with one attached hydrogen (secondary N) is 1. The normalized spacial score (nSPS) is 11.7. The summed E-state index contributed by atoms with van der Waals surface area (Å²) in [7, 11) is 0. The van der Waals surface area contributed by atoms with E-state index in [0.29, 0.717) is 30.0 Å². The van der Waals surface area contributed by atoms with Gasteiger partial charge in [-0.3, -0.25) is 13.9 Å². The van der Waals surface area contributed by atoms with Crippen LogP contribution in [0.4, 0.5) is 0 Å². The molecule has 0 bridgehead atoms. The molecule has 7 heteroatoms. The van der Waals surface area contributed by atoms with Crippen molar-refractivity contribution in [1.29, 1.82) is 0 Å². The van der Waals surface area contributed by atoms with Gasteiger partial charge in [0.2, 0.25) is 0 Å². The lowest BCUT2D eigenvalue weighted by Gasteiger charge is -2.12. The van der Waals surface area contributed by atoms with E-state index >= 15 is 0 Å². The minimum Gasteiger partial charge on any atom is -0.396 e. The van der Waals surface area contributed by atoms with Gasteiger partial charge >= 0.3 is 5.69 Å². The van der Waals surface area contributed by atoms with E-state index in [-0.39, 0.29) is 30.3 Å². The molecule has 2 aromatic heterocycles. The quantitative estimate of drug-likeness (QED) is 0.820. The lowest BCUT2D eigenvalue weighted by Crippen LogP contribution is -2.41. The molecule has 7 nitrogen and oxygen atoms in total. The number of hydrogen-bond acceptors (Lipinski definition) is 4. The molecule has 0 unspecified atom stereocenters. The maximum absolute atomic E-state index is 12.4. The van der Waals surface area contributed by atoms with Crippen LogP contribution >= 0.6 is 0 Å². The molecule has 0 aliphatic heterocycles. The second-order valence-electron chi connectivity index (χ2n) is 5.34. The van der Waals surface area contributed by atoms with Crippen LogP contribution < -0.4 is 11.2 Å². The maximum atomic E-state index is 12.4. The lowest BCUT2D eigenvalue weighted by molar-refractivity contribution is 0.277. The van der Waals surface area contributed by atoms with E-state index in [0.717, 1.165) is 0 Å². The number of aryl methyl sites for hydroxylation is 1. The van der Waals surface area contributed by atoms with Crippen LogP contribution in [-0.4, -0.2) is 30.8 Å². The molecule has 2 N–H and O–H groups in total. The van der Waals surface area contributed by atoms with Gasteiger partial charge in [-0.15, -0.1) is 0 Å². The first-order valence-electron chi connectivity index (χ1n) is 6.76. The molecule has 0 spiro atoms. The summed E-state index contributed by atoms with van der Waals surface area (Å²) in [5.41, 5.74) is 0.0161. The van der Waals surface area contributed by atoms with Gasteiger partial charge in [-0.2, -0.15) is 0 Å². The Balaban J connectivity index is 2.74. The average molecular weight is 280 g/mol. The number of aliphatic hydroxyl groups excluding tert-OH is 1. The molecule has 0 fully saturated rings. The lowest BCUT2D eigenvalue weighted by atomic mass is 10.2. The number of aromatic amines is 1. The van der Waals surface area contributed by atoms with Gasteiger partial charge in [-0.25, -0.2) is 9.78 Å². The highest BCUT2D eigenvalue weighted by Gasteiger charge is 2.16. The first kappa shape index (κ1) is 14.5. The largest absolute Gasteiger partial charge is 0.396 e. The number of rotatable bonds is 5. The summed E-state index contributed by atoms with van der Waals surface area (Å²) in [5, 5.41) is 8.90. The zero-order valence-electron chi connectivity index (χ0n) is 12.0. The first-order chi connectivity index (χ1) is 9.45. The van der Waals surface area contributed by atoms with E-state index in [1.54, 1.807) is 6.92 Å². The van der Waals surface area contributed by atoms with Crippen LogP contribution in [0.2, 0.25) is 0 Å². The van der Waals surface area contributed by atoms with Crippen LogP contribution in [0.5, 0.6) is 0 Å². The molecule has 0 aromatic carbocycles. The van der Waals surface area contributed by atoms with Gasteiger partial charge in [-0.05, 0) is 19.3 Å². The van der Waals surface area contributed by atoms with Crippen LogP contribution in [-0.2, 0) is 13.1 Å². The van der Waals surface area contributed by atoms with E-state index in [4.69, 9.17) is 5.11 Å². The minimum absolute atomic E-state index is 0.0594. The van der Waals surface area contributed by atoms with Gasteiger partial charge in [0.15, 0.2) is 5.65 Å². The Labute approximate surface area is 115 Å². The van der Waals surface area contributed by atoms with Crippen LogP contribution in [0.15, 0.2) is 9.59 Å². The Hall–Kier alpha value is -1.89. The van der Waals surface area contributed by atoms with E-state index in [2.05, 4.69) is 9.97 Å². The Morgan fingerprint density at radius 1 is 1.30 bits per heavy atom. The fraction of sp³-hybridized carbons (Fsp3) is 0.615. The van der Waals surface area contributed by atoms with Crippen molar-refractivity contribution in [3.8, 4) is 0 Å². The number of H-pyrrole nitrogens is 1. The summed E-state index contributed by atoms with van der Waals surface area (Å²) in [6, 6.07) is 0. The smallest absolute Gasteiger partial charge is 0.332 e. The maximum Gasteiger partial charge on any atom is 0.332 e. The summed E-state index contributed by atoms with van der Waals surface area (Å²) in [4.78, 5) is 31.9. The molecule has 2 aromatic rings. The number of aliphatic hydroxyl groups is 1. The summed E-state index contributed by atoms with van der Waals surface area (Å²) >= 11 is 0. The highest BCUT2D eigenvalue weighted by Crippen LogP contribution is 2.07. The van der Waals surface area contributed by atoms with Crippen molar-refractivity contribution < 1.29 is 5.11 Å². The number of fused-ring (bicyclic) bond motifs is 1. The molecule has 0 aliphatic carbocycles. The molecule has 110 valence electrons. The Kier molecular flexibility index (Phi) is 4.08. The number of aromatic nitrogens is 4. The van der Waals surface area contributed by atoms with Crippen molar-refractivity contribution in [2.24, 2.45) is 5.92 Å². The van der Waals surface area contributed by atoms with Gasteiger partial charge in [0.05, 0.1) is 0 Å². The van der Waals surface area contributed by atoms with Gasteiger partial charge in [0, 0.05) is 19.7 Å². The van der Waals surface area contributed by atoms with E-state index in [9.17, 15) is 9.59 Å². The van der Waals surface area contributed by atoms with E-state index in [1.807, 2.05) is 13.8 Å². The van der Waals surface area contributed by atoms with Crippen molar-refractivity contribution in [2.45, 2.75) is 40.3 Å². The topological polar surface area (TPSA) is 92.9 Å². The Morgan fingerprint density at radius 2 is 2.00 bits per heavy atom. The Morgan fingerprint density at radius 3 is 2.60 bits per heavy atom. The average Bonchev–Trinajstić information content (AvgIpc) is 2.76. The van der Waals surface area contributed by atoms with Crippen LogP contribution in [0.1, 0.15) is 26.1 Å². The van der Waals surface area contributed by atoms with Crippen LogP contribution in [0, 0.1) is 12.8 Å². The molecular weight excluding hydrogens is 260 g/mol. The number of hydrogen-bond donors (Lipinski definition) is 2. The second kappa shape index (κ2) is 5.62. The van der Waals surface area contributed by atoms with Crippen LogP contribution in [0.3, 0.4) is 0 Å². The van der Waals surface area contributed by atoms with Crippen molar-refractivity contribution in [1.82, 2.24) is 19.1 Å². The van der Waals surface area contributed by atoms with Crippen molar-refractivity contribution in [2.75, 3.05) is 6.61 Å². The van der Waals surface area contributed by atoms with Gasteiger partial charge in [-0.1, -0.05) is 13.8 Å². The van der Waals surface area contributed by atoms with Crippen molar-refractivity contribution >= 4 is 11.2 Å². The third-order valence-corrected chi connectivity index (χ3v) is 3.07. The zero-order chi connectivity index (χ0) is 14.9.